The van der Waals surface area contributed by atoms with Crippen molar-refractivity contribution in [2.75, 3.05) is 7.11 Å². The lowest BCUT2D eigenvalue weighted by molar-refractivity contribution is 0.145. The number of hydrogen-bond acceptors (Lipinski definition) is 3. The van der Waals surface area contributed by atoms with E-state index in [0.717, 1.165) is 6.42 Å². The van der Waals surface area contributed by atoms with Crippen molar-refractivity contribution in [3.8, 4) is 5.75 Å². The van der Waals surface area contributed by atoms with Gasteiger partial charge in [-0.05, 0) is 25.3 Å². The van der Waals surface area contributed by atoms with Gasteiger partial charge in [0.2, 0.25) is 6.08 Å². The monoisotopic (exact) mass is 253 g/mol. The van der Waals surface area contributed by atoms with E-state index in [1.54, 1.807) is 18.2 Å². The van der Waals surface area contributed by atoms with E-state index in [1.165, 1.54) is 13.2 Å². The minimum Gasteiger partial charge on any atom is -0.496 e. The van der Waals surface area contributed by atoms with E-state index in [-0.39, 0.29) is 11.3 Å². The SMILES string of the molecule is COc1c(C(F)F)cccc1C1(N=C=O)CCC1. The molecule has 0 aliphatic heterocycles. The highest BCUT2D eigenvalue weighted by Gasteiger charge is 2.42. The molecular weight excluding hydrogens is 240 g/mol. The smallest absolute Gasteiger partial charge is 0.267 e. The van der Waals surface area contributed by atoms with E-state index in [2.05, 4.69) is 4.99 Å². The van der Waals surface area contributed by atoms with Crippen LogP contribution in [0.1, 0.15) is 36.8 Å². The summed E-state index contributed by atoms with van der Waals surface area (Å²) in [5, 5.41) is 0. The van der Waals surface area contributed by atoms with Crippen LogP contribution in [0.3, 0.4) is 0 Å². The first kappa shape index (κ1) is 12.7. The Labute approximate surface area is 103 Å². The van der Waals surface area contributed by atoms with Gasteiger partial charge < -0.3 is 4.74 Å². The molecule has 1 aliphatic rings. The summed E-state index contributed by atoms with van der Waals surface area (Å²) >= 11 is 0. The van der Waals surface area contributed by atoms with Crippen LogP contribution in [0.5, 0.6) is 5.75 Å². The van der Waals surface area contributed by atoms with E-state index in [1.807, 2.05) is 0 Å². The zero-order valence-corrected chi connectivity index (χ0v) is 9.95. The van der Waals surface area contributed by atoms with Gasteiger partial charge in [0.15, 0.2) is 0 Å². The summed E-state index contributed by atoms with van der Waals surface area (Å²) in [5.41, 5.74) is -0.336. The quantitative estimate of drug-likeness (QED) is 0.609. The molecule has 5 heteroatoms. The first-order chi connectivity index (χ1) is 8.64. The third-order valence-corrected chi connectivity index (χ3v) is 3.43. The van der Waals surface area contributed by atoms with Crippen molar-refractivity contribution < 1.29 is 18.3 Å². The molecule has 18 heavy (non-hydrogen) atoms. The highest BCUT2D eigenvalue weighted by atomic mass is 19.3. The number of methoxy groups -OCH3 is 1. The lowest BCUT2D eigenvalue weighted by Gasteiger charge is -2.38. The zero-order valence-electron chi connectivity index (χ0n) is 9.95. The number of ether oxygens (including phenoxy) is 1. The van der Waals surface area contributed by atoms with Crippen LogP contribution >= 0.6 is 0 Å². The fourth-order valence-corrected chi connectivity index (χ4v) is 2.36. The number of alkyl halides is 2. The molecule has 1 aromatic rings. The number of rotatable bonds is 4. The summed E-state index contributed by atoms with van der Waals surface area (Å²) in [6.07, 6.45) is 1.15. The standard InChI is InChI=1S/C13H13F2NO2/c1-18-11-9(12(14)15)4-2-5-10(11)13(16-8-17)6-3-7-13/h2,4-5,12H,3,6-7H2,1H3. The molecule has 0 spiro atoms. The highest BCUT2D eigenvalue weighted by Crippen LogP contribution is 2.49. The summed E-state index contributed by atoms with van der Waals surface area (Å²) < 4.78 is 30.9. The Kier molecular flexibility index (Phi) is 3.43. The first-order valence-corrected chi connectivity index (χ1v) is 5.69. The van der Waals surface area contributed by atoms with Gasteiger partial charge in [-0.15, -0.1) is 0 Å². The third-order valence-electron chi connectivity index (χ3n) is 3.43. The Hall–Kier alpha value is -1.74. The number of isocyanates is 1. The number of nitrogens with zero attached hydrogens (tertiary/aromatic N) is 1. The van der Waals surface area contributed by atoms with Crippen molar-refractivity contribution in [2.24, 2.45) is 4.99 Å². The van der Waals surface area contributed by atoms with Crippen molar-refractivity contribution >= 4 is 6.08 Å². The Morgan fingerprint density at radius 3 is 2.61 bits per heavy atom. The normalized spacial score (nSPS) is 16.9. The molecule has 0 atom stereocenters. The van der Waals surface area contributed by atoms with Gasteiger partial charge in [-0.25, -0.2) is 13.6 Å². The molecule has 0 heterocycles. The van der Waals surface area contributed by atoms with Crippen LogP contribution in [0.4, 0.5) is 8.78 Å². The molecular formula is C13H13F2NO2. The number of hydrogen-bond donors (Lipinski definition) is 0. The van der Waals surface area contributed by atoms with Crippen molar-refractivity contribution in [1.29, 1.82) is 0 Å². The third kappa shape index (κ3) is 1.91. The summed E-state index contributed by atoms with van der Waals surface area (Å²) in [7, 11) is 1.35. The van der Waals surface area contributed by atoms with E-state index >= 15 is 0 Å². The largest absolute Gasteiger partial charge is 0.496 e. The molecule has 1 saturated carbocycles. The molecule has 1 aromatic carbocycles. The Morgan fingerprint density at radius 2 is 2.17 bits per heavy atom. The molecule has 0 bridgehead atoms. The van der Waals surface area contributed by atoms with E-state index in [9.17, 15) is 13.6 Å². The number of para-hydroxylation sites is 1. The van der Waals surface area contributed by atoms with Gasteiger partial charge in [0.05, 0.1) is 12.7 Å². The van der Waals surface area contributed by atoms with E-state index < -0.39 is 12.0 Å². The summed E-state index contributed by atoms with van der Waals surface area (Å²) in [5.74, 6) is 0.131. The van der Waals surface area contributed by atoms with E-state index in [4.69, 9.17) is 4.74 Å². The van der Waals surface area contributed by atoms with Gasteiger partial charge in [-0.3, -0.25) is 0 Å². The van der Waals surface area contributed by atoms with Crippen molar-refractivity contribution in [1.82, 2.24) is 0 Å². The fraction of sp³-hybridized carbons (Fsp3) is 0.462. The van der Waals surface area contributed by atoms with Gasteiger partial charge in [0, 0.05) is 5.56 Å². The molecule has 1 fully saturated rings. The lowest BCUT2D eigenvalue weighted by Crippen LogP contribution is -2.32. The minimum absolute atomic E-state index is 0.131. The minimum atomic E-state index is -2.61. The van der Waals surface area contributed by atoms with Gasteiger partial charge in [0.1, 0.15) is 11.3 Å². The van der Waals surface area contributed by atoms with Crippen LogP contribution in [0.2, 0.25) is 0 Å². The average molecular weight is 253 g/mol. The highest BCUT2D eigenvalue weighted by molar-refractivity contribution is 5.49. The molecule has 3 nitrogen and oxygen atoms in total. The topological polar surface area (TPSA) is 38.7 Å². The van der Waals surface area contributed by atoms with Gasteiger partial charge in [-0.1, -0.05) is 12.1 Å². The lowest BCUT2D eigenvalue weighted by atomic mass is 9.71. The van der Waals surface area contributed by atoms with Crippen molar-refractivity contribution in [3.05, 3.63) is 29.3 Å². The van der Waals surface area contributed by atoms with Crippen LogP contribution in [0.25, 0.3) is 0 Å². The Balaban J connectivity index is 2.56. The summed E-state index contributed by atoms with van der Waals surface area (Å²) in [6.45, 7) is 0. The molecule has 96 valence electrons. The predicted octanol–water partition coefficient (Wildman–Crippen LogP) is 3.35. The molecule has 1 aliphatic carbocycles. The maximum Gasteiger partial charge on any atom is 0.267 e. The first-order valence-electron chi connectivity index (χ1n) is 5.69. The number of carbonyl (C=O) groups excluding carboxylic acids is 1. The molecule has 0 unspecified atom stereocenters. The maximum absolute atomic E-state index is 12.9. The zero-order chi connectivity index (χ0) is 13.2. The molecule has 0 N–H and O–H groups in total. The van der Waals surface area contributed by atoms with Gasteiger partial charge in [-0.2, -0.15) is 4.99 Å². The molecule has 0 saturated heterocycles. The maximum atomic E-state index is 12.9. The van der Waals surface area contributed by atoms with Gasteiger partial charge >= 0.3 is 0 Å². The van der Waals surface area contributed by atoms with Crippen LogP contribution in [0.15, 0.2) is 23.2 Å². The summed E-state index contributed by atoms with van der Waals surface area (Å²) in [4.78, 5) is 14.3. The number of benzene rings is 1. The summed E-state index contributed by atoms with van der Waals surface area (Å²) in [6, 6.07) is 4.55. The number of halogens is 2. The van der Waals surface area contributed by atoms with Gasteiger partial charge in [0.25, 0.3) is 6.43 Å². The second-order valence-corrected chi connectivity index (χ2v) is 4.32. The van der Waals surface area contributed by atoms with Crippen LogP contribution in [-0.2, 0) is 10.3 Å². The van der Waals surface area contributed by atoms with Crippen LogP contribution < -0.4 is 4.74 Å². The van der Waals surface area contributed by atoms with Crippen molar-refractivity contribution in [3.63, 3.8) is 0 Å². The molecule has 0 radical (unpaired) electrons. The Morgan fingerprint density at radius 1 is 1.44 bits per heavy atom. The second-order valence-electron chi connectivity index (χ2n) is 4.32. The Bertz CT molecular complexity index is 492. The van der Waals surface area contributed by atoms with Crippen LogP contribution in [-0.4, -0.2) is 13.2 Å². The van der Waals surface area contributed by atoms with E-state index in [0.29, 0.717) is 18.4 Å². The average Bonchev–Trinajstić information content (AvgIpc) is 2.32. The van der Waals surface area contributed by atoms with Crippen molar-refractivity contribution in [2.45, 2.75) is 31.2 Å². The second kappa shape index (κ2) is 4.86. The molecule has 0 aromatic heterocycles. The number of aliphatic imine (C=N–C) groups is 1. The fourth-order valence-electron chi connectivity index (χ4n) is 2.36. The van der Waals surface area contributed by atoms with Crippen LogP contribution in [0, 0.1) is 0 Å². The predicted molar refractivity (Wildman–Crippen MR) is 61.6 cm³/mol. The molecule has 0 amide bonds. The molecule has 2 rings (SSSR count).